The number of nitrogens with zero attached hydrogens (tertiary/aromatic N) is 6. The smallest absolute Gasteiger partial charge is 0.0974 e. The van der Waals surface area contributed by atoms with E-state index >= 15 is 0 Å². The second-order valence-electron chi connectivity index (χ2n) is 3.40. The summed E-state index contributed by atoms with van der Waals surface area (Å²) >= 11 is 11.0. The highest BCUT2D eigenvalue weighted by molar-refractivity contribution is 6.17. The first-order valence-corrected chi connectivity index (χ1v) is 6.70. The molecule has 2 rings (SSSR count). The first kappa shape index (κ1) is 14.9. The highest BCUT2D eigenvalue weighted by Crippen LogP contribution is 1.96. The van der Waals surface area contributed by atoms with Crippen LogP contribution in [0.3, 0.4) is 0 Å². The molecule has 2 aromatic heterocycles. The van der Waals surface area contributed by atoms with Crippen LogP contribution in [0, 0.1) is 0 Å². The van der Waals surface area contributed by atoms with Gasteiger partial charge in [0.15, 0.2) is 0 Å². The SMILES string of the molecule is CCn1cc(CCl)nn1.CCn1cc(CCl)nn1. The van der Waals surface area contributed by atoms with E-state index in [4.69, 9.17) is 23.2 Å². The summed E-state index contributed by atoms with van der Waals surface area (Å²) in [5, 5.41) is 15.1. The fourth-order valence-electron chi connectivity index (χ4n) is 1.11. The van der Waals surface area contributed by atoms with Crippen LogP contribution in [0.5, 0.6) is 0 Å². The van der Waals surface area contributed by atoms with Crippen LogP contribution < -0.4 is 0 Å². The normalized spacial score (nSPS) is 10.0. The molecule has 0 amide bonds. The van der Waals surface area contributed by atoms with Gasteiger partial charge in [-0.15, -0.1) is 33.4 Å². The molecule has 0 saturated heterocycles. The summed E-state index contributed by atoms with van der Waals surface area (Å²) in [6.45, 7) is 5.72. The lowest BCUT2D eigenvalue weighted by Gasteiger charge is -1.86. The summed E-state index contributed by atoms with van der Waals surface area (Å²) in [5.41, 5.74) is 1.66. The summed E-state index contributed by atoms with van der Waals surface area (Å²) in [5.74, 6) is 0.889. The largest absolute Gasteiger partial charge is 0.253 e. The Kier molecular flexibility index (Phi) is 6.67. The molecule has 0 atom stereocenters. The third kappa shape index (κ3) is 4.62. The van der Waals surface area contributed by atoms with Crippen molar-refractivity contribution in [3.8, 4) is 0 Å². The van der Waals surface area contributed by atoms with E-state index in [1.165, 1.54) is 0 Å². The van der Waals surface area contributed by atoms with Gasteiger partial charge in [-0.1, -0.05) is 10.4 Å². The molecule has 0 aliphatic rings. The first-order chi connectivity index (χ1) is 8.73. The van der Waals surface area contributed by atoms with Crippen LogP contribution in [0.15, 0.2) is 12.4 Å². The van der Waals surface area contributed by atoms with Crippen LogP contribution in [0.1, 0.15) is 25.2 Å². The predicted octanol–water partition coefficient (Wildman–Crippen LogP) is 2.07. The van der Waals surface area contributed by atoms with Crippen molar-refractivity contribution >= 4 is 23.2 Å². The highest BCUT2D eigenvalue weighted by atomic mass is 35.5. The fraction of sp³-hybridized carbons (Fsp3) is 0.600. The lowest BCUT2D eigenvalue weighted by atomic mass is 10.5. The molecule has 6 nitrogen and oxygen atoms in total. The molecule has 0 bridgehead atoms. The molecule has 2 aromatic rings. The molecule has 0 aromatic carbocycles. The minimum atomic E-state index is 0.444. The van der Waals surface area contributed by atoms with E-state index in [0.29, 0.717) is 11.8 Å². The number of hydrogen-bond donors (Lipinski definition) is 0. The minimum absolute atomic E-state index is 0.444. The van der Waals surface area contributed by atoms with Gasteiger partial charge in [-0.2, -0.15) is 0 Å². The van der Waals surface area contributed by atoms with E-state index in [1.54, 1.807) is 9.36 Å². The molecule has 18 heavy (non-hydrogen) atoms. The van der Waals surface area contributed by atoms with Gasteiger partial charge in [0.05, 0.1) is 23.1 Å². The fourth-order valence-corrected chi connectivity index (χ4v) is 1.35. The Bertz CT molecular complexity index is 373. The zero-order chi connectivity index (χ0) is 13.4. The summed E-state index contributed by atoms with van der Waals surface area (Å²) in [6.07, 6.45) is 3.68. The average molecular weight is 291 g/mol. The Morgan fingerprint density at radius 3 is 1.44 bits per heavy atom. The van der Waals surface area contributed by atoms with Crippen LogP contribution in [0.4, 0.5) is 0 Å². The molecule has 0 N–H and O–H groups in total. The van der Waals surface area contributed by atoms with E-state index in [1.807, 2.05) is 26.2 Å². The van der Waals surface area contributed by atoms with Gasteiger partial charge < -0.3 is 0 Å². The lowest BCUT2D eigenvalue weighted by molar-refractivity contribution is 0.626. The van der Waals surface area contributed by atoms with Crippen molar-refractivity contribution in [2.75, 3.05) is 0 Å². The molecule has 0 saturated carbocycles. The molecule has 0 spiro atoms. The predicted molar refractivity (Wildman–Crippen MR) is 70.5 cm³/mol. The zero-order valence-electron chi connectivity index (χ0n) is 10.4. The van der Waals surface area contributed by atoms with Crippen LogP contribution in [-0.2, 0) is 24.8 Å². The Balaban J connectivity index is 0.000000180. The van der Waals surface area contributed by atoms with E-state index < -0.39 is 0 Å². The molecule has 2 heterocycles. The van der Waals surface area contributed by atoms with Gasteiger partial charge in [0.1, 0.15) is 0 Å². The number of alkyl halides is 2. The monoisotopic (exact) mass is 290 g/mol. The summed E-state index contributed by atoms with van der Waals surface area (Å²) in [7, 11) is 0. The van der Waals surface area contributed by atoms with Gasteiger partial charge >= 0.3 is 0 Å². The molecule has 100 valence electrons. The molecule has 0 aliphatic heterocycles. The number of aromatic nitrogens is 6. The van der Waals surface area contributed by atoms with Crippen molar-refractivity contribution in [2.24, 2.45) is 0 Å². The average Bonchev–Trinajstić information content (AvgIpc) is 3.07. The highest BCUT2D eigenvalue weighted by Gasteiger charge is 1.94. The van der Waals surface area contributed by atoms with Crippen molar-refractivity contribution in [3.05, 3.63) is 23.8 Å². The quantitative estimate of drug-likeness (QED) is 0.809. The Morgan fingerprint density at radius 2 is 1.28 bits per heavy atom. The van der Waals surface area contributed by atoms with Gasteiger partial charge in [0, 0.05) is 25.5 Å². The van der Waals surface area contributed by atoms with Gasteiger partial charge in [-0.25, -0.2) is 0 Å². The summed E-state index contributed by atoms with van der Waals surface area (Å²) in [6, 6.07) is 0. The zero-order valence-corrected chi connectivity index (χ0v) is 11.9. The Morgan fingerprint density at radius 1 is 0.889 bits per heavy atom. The molecular formula is C10H16Cl2N6. The van der Waals surface area contributed by atoms with Crippen LogP contribution in [0.2, 0.25) is 0 Å². The van der Waals surface area contributed by atoms with E-state index in [2.05, 4.69) is 20.6 Å². The summed E-state index contributed by atoms with van der Waals surface area (Å²) in [4.78, 5) is 0. The number of aryl methyl sites for hydroxylation is 2. The standard InChI is InChI=1S/2C5H8ClN3/c2*1-2-9-4-5(3-6)7-8-9/h2*4H,2-3H2,1H3. The topological polar surface area (TPSA) is 61.4 Å². The van der Waals surface area contributed by atoms with Crippen molar-refractivity contribution in [1.82, 2.24) is 30.0 Å². The number of hydrogen-bond acceptors (Lipinski definition) is 4. The maximum absolute atomic E-state index is 5.48. The third-order valence-electron chi connectivity index (χ3n) is 2.09. The van der Waals surface area contributed by atoms with Gasteiger partial charge in [-0.3, -0.25) is 9.36 Å². The number of rotatable bonds is 4. The van der Waals surface area contributed by atoms with Crippen LogP contribution in [-0.4, -0.2) is 30.0 Å². The Hall–Kier alpha value is -1.14. The van der Waals surface area contributed by atoms with Gasteiger partial charge in [0.2, 0.25) is 0 Å². The number of halogens is 2. The molecule has 8 heteroatoms. The Labute approximate surface area is 116 Å². The second kappa shape index (κ2) is 8.05. The molecule has 0 radical (unpaired) electrons. The first-order valence-electron chi connectivity index (χ1n) is 5.63. The van der Waals surface area contributed by atoms with E-state index in [9.17, 15) is 0 Å². The molecular weight excluding hydrogens is 275 g/mol. The molecule has 0 fully saturated rings. The summed E-state index contributed by atoms with van der Waals surface area (Å²) < 4.78 is 3.50. The molecule has 0 unspecified atom stereocenters. The minimum Gasteiger partial charge on any atom is -0.253 e. The molecule has 0 aliphatic carbocycles. The van der Waals surface area contributed by atoms with Crippen molar-refractivity contribution < 1.29 is 0 Å². The van der Waals surface area contributed by atoms with Crippen LogP contribution in [0.25, 0.3) is 0 Å². The lowest BCUT2D eigenvalue weighted by Crippen LogP contribution is -1.93. The van der Waals surface area contributed by atoms with Crippen molar-refractivity contribution in [3.63, 3.8) is 0 Å². The van der Waals surface area contributed by atoms with Crippen molar-refractivity contribution in [1.29, 1.82) is 0 Å². The van der Waals surface area contributed by atoms with E-state index in [-0.39, 0.29) is 0 Å². The van der Waals surface area contributed by atoms with E-state index in [0.717, 1.165) is 24.5 Å². The van der Waals surface area contributed by atoms with Crippen molar-refractivity contribution in [2.45, 2.75) is 38.7 Å². The van der Waals surface area contributed by atoms with Gasteiger partial charge in [-0.05, 0) is 13.8 Å². The maximum atomic E-state index is 5.48. The van der Waals surface area contributed by atoms with Gasteiger partial charge in [0.25, 0.3) is 0 Å². The second-order valence-corrected chi connectivity index (χ2v) is 3.93. The van der Waals surface area contributed by atoms with Crippen LogP contribution >= 0.6 is 23.2 Å². The third-order valence-corrected chi connectivity index (χ3v) is 2.64. The maximum Gasteiger partial charge on any atom is 0.0974 e.